The molecule has 0 fully saturated rings. The van der Waals surface area contributed by atoms with E-state index >= 15 is 0 Å². The molecule has 1 N–H and O–H groups in total. The van der Waals surface area contributed by atoms with E-state index in [-0.39, 0.29) is 12.5 Å². The van der Waals surface area contributed by atoms with Gasteiger partial charge in [-0.3, -0.25) is 4.79 Å². The molecule has 0 spiro atoms. The molecule has 7 heteroatoms. The Labute approximate surface area is 199 Å². The number of nitriles is 1. The summed E-state index contributed by atoms with van der Waals surface area (Å²) in [4.78, 5) is 12.2. The smallest absolute Gasteiger partial charge is 0.262 e. The first-order valence-corrected chi connectivity index (χ1v) is 10.8. The maximum atomic E-state index is 12.2. The number of nitrogens with zero attached hydrogens (tertiary/aromatic N) is 1. The summed E-state index contributed by atoms with van der Waals surface area (Å²) in [6.45, 7) is 1.82. The number of rotatable bonds is 6. The Kier molecular flexibility index (Phi) is 7.75. The first kappa shape index (κ1) is 22.9. The number of anilines is 1. The number of carbonyl (C=O) groups is 1. The highest BCUT2D eigenvalue weighted by molar-refractivity contribution is 9.10. The van der Waals surface area contributed by atoms with Crippen molar-refractivity contribution in [1.82, 2.24) is 0 Å². The Hall–Kier alpha value is -2.78. The van der Waals surface area contributed by atoms with Crippen LogP contribution in [0.25, 0.3) is 11.6 Å². The molecule has 0 aliphatic rings. The summed E-state index contributed by atoms with van der Waals surface area (Å²) >= 11 is 15.6. The Morgan fingerprint density at radius 2 is 1.97 bits per heavy atom. The highest BCUT2D eigenvalue weighted by atomic mass is 79.9. The molecular formula is C24H17BrCl2N2O2. The van der Waals surface area contributed by atoms with Gasteiger partial charge in [-0.25, -0.2) is 0 Å². The molecule has 0 aliphatic heterocycles. The fourth-order valence-electron chi connectivity index (χ4n) is 2.83. The second-order valence-corrected chi connectivity index (χ2v) is 8.39. The van der Waals surface area contributed by atoms with Crippen molar-refractivity contribution in [1.29, 1.82) is 5.26 Å². The molecule has 3 aromatic carbocycles. The van der Waals surface area contributed by atoms with Gasteiger partial charge in [0.25, 0.3) is 5.91 Å². The fraction of sp³-hybridized carbons (Fsp3) is 0.0833. The van der Waals surface area contributed by atoms with E-state index < -0.39 is 0 Å². The van der Waals surface area contributed by atoms with Gasteiger partial charge in [0.15, 0.2) is 6.61 Å². The number of nitrogens with one attached hydrogen (secondary N) is 1. The largest absolute Gasteiger partial charge is 0.483 e. The molecule has 31 heavy (non-hydrogen) atoms. The van der Waals surface area contributed by atoms with Crippen LogP contribution in [0.2, 0.25) is 10.0 Å². The van der Waals surface area contributed by atoms with Gasteiger partial charge < -0.3 is 10.1 Å². The number of amides is 1. The molecule has 0 aliphatic carbocycles. The van der Waals surface area contributed by atoms with Gasteiger partial charge in [0.1, 0.15) is 5.75 Å². The predicted octanol–water partition coefficient (Wildman–Crippen LogP) is 7.15. The standard InChI is InChI=1S/C24H17BrCl2N2O2/c1-15-3-2-4-19(9-15)29-24(30)14-31-23-8-5-16(11-21(23)25)10-17(13-28)20-7-6-18(26)12-22(20)27/h2-12H,14H2,1H3,(H,29,30)/b17-10+. The third-order valence-corrected chi connectivity index (χ3v) is 5.44. The van der Waals surface area contributed by atoms with Crippen molar-refractivity contribution < 1.29 is 9.53 Å². The van der Waals surface area contributed by atoms with Gasteiger partial charge in [-0.15, -0.1) is 0 Å². The van der Waals surface area contributed by atoms with Gasteiger partial charge in [0, 0.05) is 16.3 Å². The third kappa shape index (κ3) is 6.35. The Balaban J connectivity index is 1.70. The van der Waals surface area contributed by atoms with Crippen molar-refractivity contribution in [2.24, 2.45) is 0 Å². The predicted molar refractivity (Wildman–Crippen MR) is 129 cm³/mol. The first-order chi connectivity index (χ1) is 14.9. The average Bonchev–Trinajstić information content (AvgIpc) is 2.72. The molecule has 156 valence electrons. The Morgan fingerprint density at radius 3 is 2.65 bits per heavy atom. The number of benzene rings is 3. The molecule has 0 unspecified atom stereocenters. The van der Waals surface area contributed by atoms with Crippen LogP contribution in [0.15, 0.2) is 65.1 Å². The van der Waals surface area contributed by atoms with Crippen molar-refractivity contribution in [3.05, 3.63) is 91.9 Å². The second kappa shape index (κ2) is 10.5. The van der Waals surface area contributed by atoms with Crippen molar-refractivity contribution in [2.45, 2.75) is 6.92 Å². The summed E-state index contributed by atoms with van der Waals surface area (Å²) in [6, 6.07) is 20.0. The zero-order valence-electron chi connectivity index (χ0n) is 16.5. The molecule has 1 amide bonds. The Bertz CT molecular complexity index is 1200. The van der Waals surface area contributed by atoms with Gasteiger partial charge in [-0.05, 0) is 76.5 Å². The molecule has 0 aromatic heterocycles. The van der Waals surface area contributed by atoms with E-state index in [0.29, 0.717) is 31.4 Å². The van der Waals surface area contributed by atoms with Crippen LogP contribution in [-0.2, 0) is 4.79 Å². The third-order valence-electron chi connectivity index (χ3n) is 4.27. The topological polar surface area (TPSA) is 62.1 Å². The minimum Gasteiger partial charge on any atom is -0.483 e. The summed E-state index contributed by atoms with van der Waals surface area (Å²) in [5.41, 5.74) is 3.54. The zero-order valence-corrected chi connectivity index (χ0v) is 19.6. The average molecular weight is 516 g/mol. The van der Waals surface area contributed by atoms with E-state index in [1.807, 2.05) is 31.2 Å². The first-order valence-electron chi connectivity index (χ1n) is 9.22. The number of carbonyl (C=O) groups excluding carboxylic acids is 1. The lowest BCUT2D eigenvalue weighted by molar-refractivity contribution is -0.118. The molecule has 0 saturated carbocycles. The lowest BCUT2D eigenvalue weighted by Gasteiger charge is -2.10. The number of halogens is 3. The molecule has 0 bridgehead atoms. The van der Waals surface area contributed by atoms with Crippen LogP contribution in [-0.4, -0.2) is 12.5 Å². The minimum atomic E-state index is -0.259. The molecule has 0 saturated heterocycles. The minimum absolute atomic E-state index is 0.133. The summed E-state index contributed by atoms with van der Waals surface area (Å²) in [5, 5.41) is 13.3. The summed E-state index contributed by atoms with van der Waals surface area (Å²) in [7, 11) is 0. The van der Waals surface area contributed by atoms with E-state index in [1.54, 1.807) is 42.5 Å². The highest BCUT2D eigenvalue weighted by Crippen LogP contribution is 2.31. The lowest BCUT2D eigenvalue weighted by Crippen LogP contribution is -2.20. The maximum Gasteiger partial charge on any atom is 0.262 e. The van der Waals surface area contributed by atoms with E-state index in [2.05, 4.69) is 27.3 Å². The zero-order chi connectivity index (χ0) is 22.4. The van der Waals surface area contributed by atoms with Crippen LogP contribution in [0, 0.1) is 18.3 Å². The number of ether oxygens (including phenoxy) is 1. The molecular weight excluding hydrogens is 499 g/mol. The molecule has 0 heterocycles. The van der Waals surface area contributed by atoms with E-state index in [4.69, 9.17) is 27.9 Å². The normalized spacial score (nSPS) is 11.0. The molecule has 0 atom stereocenters. The maximum absolute atomic E-state index is 12.2. The van der Waals surface area contributed by atoms with Crippen molar-refractivity contribution in [2.75, 3.05) is 11.9 Å². The molecule has 3 rings (SSSR count). The number of aryl methyl sites for hydroxylation is 1. The van der Waals surface area contributed by atoms with Crippen molar-refractivity contribution >= 4 is 62.4 Å². The van der Waals surface area contributed by atoms with Crippen LogP contribution in [0.1, 0.15) is 16.7 Å². The number of hydrogen-bond donors (Lipinski definition) is 1. The summed E-state index contributed by atoms with van der Waals surface area (Å²) in [5.74, 6) is 0.255. The van der Waals surface area contributed by atoms with Crippen LogP contribution < -0.4 is 10.1 Å². The molecule has 0 radical (unpaired) electrons. The SMILES string of the molecule is Cc1cccc(NC(=O)COc2ccc(/C=C(\C#N)c3ccc(Cl)cc3Cl)cc2Br)c1. The summed E-state index contributed by atoms with van der Waals surface area (Å²) < 4.78 is 6.28. The fourth-order valence-corrected chi connectivity index (χ4v) is 3.85. The van der Waals surface area contributed by atoms with Crippen LogP contribution in [0.5, 0.6) is 5.75 Å². The number of hydrogen-bond acceptors (Lipinski definition) is 3. The highest BCUT2D eigenvalue weighted by Gasteiger charge is 2.10. The second-order valence-electron chi connectivity index (χ2n) is 6.69. The van der Waals surface area contributed by atoms with Gasteiger partial charge in [0.05, 0.1) is 21.1 Å². The van der Waals surface area contributed by atoms with Gasteiger partial charge in [-0.2, -0.15) is 5.26 Å². The number of allylic oxidation sites excluding steroid dienone is 1. The van der Waals surface area contributed by atoms with Crippen LogP contribution >= 0.6 is 39.1 Å². The summed E-state index contributed by atoms with van der Waals surface area (Å²) in [6.07, 6.45) is 1.72. The van der Waals surface area contributed by atoms with Gasteiger partial charge in [0.2, 0.25) is 0 Å². The van der Waals surface area contributed by atoms with Crippen LogP contribution in [0.4, 0.5) is 5.69 Å². The van der Waals surface area contributed by atoms with Crippen molar-refractivity contribution in [3.8, 4) is 11.8 Å². The molecule has 4 nitrogen and oxygen atoms in total. The molecule has 3 aromatic rings. The van der Waals surface area contributed by atoms with E-state index in [1.165, 1.54) is 0 Å². The lowest BCUT2D eigenvalue weighted by atomic mass is 10.0. The quantitative estimate of drug-likeness (QED) is 0.280. The Morgan fingerprint density at radius 1 is 1.16 bits per heavy atom. The van der Waals surface area contributed by atoms with E-state index in [9.17, 15) is 10.1 Å². The van der Waals surface area contributed by atoms with E-state index in [0.717, 1.165) is 16.8 Å². The van der Waals surface area contributed by atoms with Gasteiger partial charge >= 0.3 is 0 Å². The van der Waals surface area contributed by atoms with Crippen molar-refractivity contribution in [3.63, 3.8) is 0 Å². The monoisotopic (exact) mass is 514 g/mol. The van der Waals surface area contributed by atoms with Crippen LogP contribution in [0.3, 0.4) is 0 Å². The van der Waals surface area contributed by atoms with Gasteiger partial charge in [-0.1, -0.05) is 47.5 Å².